The van der Waals surface area contributed by atoms with Crippen LogP contribution in [-0.2, 0) is 28.3 Å². The summed E-state index contributed by atoms with van der Waals surface area (Å²) >= 11 is 1.43. The molecule has 1 N–H and O–H groups in total. The highest BCUT2D eigenvalue weighted by Crippen LogP contribution is 2.23. The summed E-state index contributed by atoms with van der Waals surface area (Å²) in [5.41, 5.74) is 1.43. The summed E-state index contributed by atoms with van der Waals surface area (Å²) < 4.78 is 28.8. The second-order valence-electron chi connectivity index (χ2n) is 6.65. The highest BCUT2D eigenvalue weighted by Gasteiger charge is 2.22. The van der Waals surface area contributed by atoms with Crippen molar-refractivity contribution in [2.75, 3.05) is 18.4 Å². The number of aryl methyl sites for hydroxylation is 3. The molecule has 3 aromatic rings. The number of nitrogens with one attached hydrogen (secondary N) is 1. The zero-order chi connectivity index (χ0) is 21.2. The molecule has 8 nitrogen and oxygen atoms in total. The normalized spacial score (nSPS) is 12.0. The number of sulfonamides is 1. The Labute approximate surface area is 174 Å². The molecule has 0 bridgehead atoms. The van der Waals surface area contributed by atoms with E-state index in [0.717, 1.165) is 16.2 Å². The van der Waals surface area contributed by atoms with Crippen LogP contribution >= 0.6 is 11.3 Å². The molecule has 1 aromatic carbocycles. The van der Waals surface area contributed by atoms with Crippen LogP contribution in [0.25, 0.3) is 11.0 Å². The molecule has 0 saturated carbocycles. The van der Waals surface area contributed by atoms with Gasteiger partial charge in [0.05, 0.1) is 15.9 Å². The maximum Gasteiger partial charge on any atom is 0.243 e. The highest BCUT2D eigenvalue weighted by molar-refractivity contribution is 7.89. The average Bonchev–Trinajstić information content (AvgIpc) is 3.23. The van der Waals surface area contributed by atoms with Gasteiger partial charge >= 0.3 is 0 Å². The van der Waals surface area contributed by atoms with E-state index in [1.165, 1.54) is 15.6 Å². The van der Waals surface area contributed by atoms with Crippen LogP contribution < -0.4 is 5.32 Å². The van der Waals surface area contributed by atoms with Gasteiger partial charge in [-0.2, -0.15) is 4.31 Å². The SMILES string of the molecule is CCN(CC)S(=O)(=O)c1ccc2c(c1)nc(CCC(=O)Nc1ncc(C)s1)n2C. The van der Waals surface area contributed by atoms with Gasteiger partial charge in [-0.15, -0.1) is 11.3 Å². The minimum absolute atomic E-state index is 0.129. The number of carbonyl (C=O) groups excluding carboxylic acids is 1. The predicted octanol–water partition coefficient (Wildman–Crippen LogP) is 2.94. The van der Waals surface area contributed by atoms with E-state index in [1.54, 1.807) is 24.4 Å². The van der Waals surface area contributed by atoms with Gasteiger partial charge in [0, 0.05) is 44.1 Å². The van der Waals surface area contributed by atoms with Crippen LogP contribution in [0.15, 0.2) is 29.3 Å². The lowest BCUT2D eigenvalue weighted by molar-refractivity contribution is -0.116. The van der Waals surface area contributed by atoms with Crippen LogP contribution in [0.3, 0.4) is 0 Å². The highest BCUT2D eigenvalue weighted by atomic mass is 32.2. The molecule has 1 amide bonds. The summed E-state index contributed by atoms with van der Waals surface area (Å²) in [6, 6.07) is 4.98. The third kappa shape index (κ3) is 4.49. The van der Waals surface area contributed by atoms with E-state index in [2.05, 4.69) is 15.3 Å². The second kappa shape index (κ2) is 8.60. The molecule has 0 spiro atoms. The van der Waals surface area contributed by atoms with Gasteiger partial charge in [0.2, 0.25) is 15.9 Å². The number of nitrogens with zero attached hydrogens (tertiary/aromatic N) is 4. The number of imidazole rings is 1. The lowest BCUT2D eigenvalue weighted by Crippen LogP contribution is -2.30. The van der Waals surface area contributed by atoms with Gasteiger partial charge in [-0.25, -0.2) is 18.4 Å². The maximum absolute atomic E-state index is 12.8. The first-order valence-corrected chi connectivity index (χ1v) is 11.7. The quantitative estimate of drug-likeness (QED) is 0.587. The minimum atomic E-state index is -3.54. The molecular formula is C19H25N5O3S2. The number of rotatable bonds is 8. The Morgan fingerprint density at radius 1 is 1.28 bits per heavy atom. The number of thiazole rings is 1. The molecule has 2 aromatic heterocycles. The van der Waals surface area contributed by atoms with Gasteiger partial charge in [0.1, 0.15) is 5.82 Å². The summed E-state index contributed by atoms with van der Waals surface area (Å²) in [7, 11) is -1.67. The molecule has 2 heterocycles. The zero-order valence-corrected chi connectivity index (χ0v) is 18.6. The van der Waals surface area contributed by atoms with Crippen LogP contribution in [-0.4, -0.2) is 46.3 Å². The van der Waals surface area contributed by atoms with Crippen molar-refractivity contribution in [1.82, 2.24) is 18.8 Å². The fourth-order valence-corrected chi connectivity index (χ4v) is 5.30. The monoisotopic (exact) mass is 435 g/mol. The molecule has 3 rings (SSSR count). The molecule has 156 valence electrons. The number of anilines is 1. The summed E-state index contributed by atoms with van der Waals surface area (Å²) in [5.74, 6) is 0.596. The smallest absolute Gasteiger partial charge is 0.243 e. The van der Waals surface area contributed by atoms with E-state index in [4.69, 9.17) is 0 Å². The van der Waals surface area contributed by atoms with E-state index in [9.17, 15) is 13.2 Å². The van der Waals surface area contributed by atoms with E-state index in [1.807, 2.05) is 32.4 Å². The van der Waals surface area contributed by atoms with Crippen molar-refractivity contribution in [3.8, 4) is 0 Å². The van der Waals surface area contributed by atoms with Crippen molar-refractivity contribution in [3.63, 3.8) is 0 Å². The topological polar surface area (TPSA) is 97.2 Å². The lowest BCUT2D eigenvalue weighted by Gasteiger charge is -2.18. The van der Waals surface area contributed by atoms with Crippen LogP contribution in [0.5, 0.6) is 0 Å². The van der Waals surface area contributed by atoms with Gasteiger partial charge in [-0.05, 0) is 25.1 Å². The van der Waals surface area contributed by atoms with E-state index < -0.39 is 10.0 Å². The predicted molar refractivity (Wildman–Crippen MR) is 115 cm³/mol. The van der Waals surface area contributed by atoms with Crippen molar-refractivity contribution >= 4 is 43.4 Å². The zero-order valence-electron chi connectivity index (χ0n) is 17.0. The van der Waals surface area contributed by atoms with Crippen LogP contribution in [0.4, 0.5) is 5.13 Å². The van der Waals surface area contributed by atoms with Crippen LogP contribution in [0.1, 0.15) is 31.0 Å². The molecule has 0 aliphatic rings. The Bertz CT molecular complexity index is 1130. The first-order valence-electron chi connectivity index (χ1n) is 9.44. The lowest BCUT2D eigenvalue weighted by atomic mass is 10.3. The van der Waals surface area contributed by atoms with Gasteiger partial charge in [-0.3, -0.25) is 4.79 Å². The molecule has 0 radical (unpaired) electrons. The van der Waals surface area contributed by atoms with Crippen molar-refractivity contribution in [1.29, 1.82) is 0 Å². The first-order chi connectivity index (χ1) is 13.8. The number of benzene rings is 1. The minimum Gasteiger partial charge on any atom is -0.331 e. The number of amides is 1. The number of carbonyl (C=O) groups is 1. The van der Waals surface area contributed by atoms with Crippen LogP contribution in [0, 0.1) is 6.92 Å². The molecule has 0 fully saturated rings. The van der Waals surface area contributed by atoms with Gasteiger partial charge in [0.25, 0.3) is 0 Å². The van der Waals surface area contributed by atoms with E-state index in [0.29, 0.717) is 30.2 Å². The third-order valence-electron chi connectivity index (χ3n) is 4.73. The molecule has 0 aliphatic carbocycles. The van der Waals surface area contributed by atoms with Crippen molar-refractivity contribution in [2.24, 2.45) is 7.05 Å². The van der Waals surface area contributed by atoms with Crippen molar-refractivity contribution < 1.29 is 13.2 Å². The average molecular weight is 436 g/mol. The number of hydrogen-bond donors (Lipinski definition) is 1. The third-order valence-corrected chi connectivity index (χ3v) is 7.61. The summed E-state index contributed by atoms with van der Waals surface area (Å²) in [6.45, 7) is 6.39. The summed E-state index contributed by atoms with van der Waals surface area (Å²) in [4.78, 5) is 22.1. The molecule has 0 saturated heterocycles. The number of hydrogen-bond acceptors (Lipinski definition) is 6. The first kappa shape index (κ1) is 21.4. The molecule has 10 heteroatoms. The Kier molecular flexibility index (Phi) is 6.35. The van der Waals surface area contributed by atoms with Crippen molar-refractivity contribution in [2.45, 2.75) is 38.5 Å². The maximum atomic E-state index is 12.8. The second-order valence-corrected chi connectivity index (χ2v) is 9.82. The number of aromatic nitrogens is 3. The van der Waals surface area contributed by atoms with E-state index >= 15 is 0 Å². The summed E-state index contributed by atoms with van der Waals surface area (Å²) in [6.07, 6.45) is 2.43. The van der Waals surface area contributed by atoms with Crippen molar-refractivity contribution in [3.05, 3.63) is 35.1 Å². The Hall–Kier alpha value is -2.30. The van der Waals surface area contributed by atoms with Gasteiger partial charge in [0.15, 0.2) is 5.13 Å². The van der Waals surface area contributed by atoms with Gasteiger partial charge in [-0.1, -0.05) is 13.8 Å². The molecule has 29 heavy (non-hydrogen) atoms. The molecular weight excluding hydrogens is 410 g/mol. The largest absolute Gasteiger partial charge is 0.331 e. The standard InChI is InChI=1S/C19H25N5O3S2/c1-5-24(6-2)29(26,27)14-7-8-16-15(11-14)21-17(23(16)4)9-10-18(25)22-19-20-12-13(3)28-19/h7-8,11-12H,5-6,9-10H2,1-4H3,(H,20,22,25). The summed E-state index contributed by atoms with van der Waals surface area (Å²) in [5, 5.41) is 3.37. The Morgan fingerprint density at radius 2 is 2.00 bits per heavy atom. The molecule has 0 atom stereocenters. The molecule has 0 unspecified atom stereocenters. The number of fused-ring (bicyclic) bond motifs is 1. The van der Waals surface area contributed by atoms with Gasteiger partial charge < -0.3 is 9.88 Å². The van der Waals surface area contributed by atoms with E-state index in [-0.39, 0.29) is 17.2 Å². The fraction of sp³-hybridized carbons (Fsp3) is 0.421. The molecule has 0 aliphatic heterocycles. The Balaban J connectivity index is 1.78. The van der Waals surface area contributed by atoms with Crippen LogP contribution in [0.2, 0.25) is 0 Å². The Morgan fingerprint density at radius 3 is 2.62 bits per heavy atom. The fourth-order valence-electron chi connectivity index (χ4n) is 3.15.